The third-order valence-electron chi connectivity index (χ3n) is 2.79. The minimum Gasteiger partial charge on any atom is -0.497 e. The summed E-state index contributed by atoms with van der Waals surface area (Å²) in [7, 11) is 1.62. The molecule has 4 nitrogen and oxygen atoms in total. The SMILES string of the molecule is CCC[C@@H](C#N)NC(=O)[C@H](C)Sc1ccc(OC)cc1. The van der Waals surface area contributed by atoms with E-state index in [2.05, 4.69) is 11.4 Å². The molecular formula is C15H20N2O2S. The molecule has 1 N–H and O–H groups in total. The van der Waals surface area contributed by atoms with Gasteiger partial charge in [0.25, 0.3) is 0 Å². The van der Waals surface area contributed by atoms with Gasteiger partial charge in [-0.05, 0) is 37.6 Å². The number of ether oxygens (including phenoxy) is 1. The van der Waals surface area contributed by atoms with Crippen molar-refractivity contribution in [2.75, 3.05) is 7.11 Å². The molecule has 1 aromatic rings. The fourth-order valence-electron chi connectivity index (χ4n) is 1.66. The molecule has 0 unspecified atom stereocenters. The smallest absolute Gasteiger partial charge is 0.234 e. The van der Waals surface area contributed by atoms with Gasteiger partial charge in [-0.1, -0.05) is 13.3 Å². The van der Waals surface area contributed by atoms with Crippen LogP contribution < -0.4 is 10.1 Å². The van der Waals surface area contributed by atoms with E-state index in [1.165, 1.54) is 11.8 Å². The average Bonchev–Trinajstić information content (AvgIpc) is 2.47. The maximum absolute atomic E-state index is 12.0. The number of thioether (sulfide) groups is 1. The highest BCUT2D eigenvalue weighted by molar-refractivity contribution is 8.00. The van der Waals surface area contributed by atoms with Crippen LogP contribution in [0.15, 0.2) is 29.2 Å². The van der Waals surface area contributed by atoms with Gasteiger partial charge in [0, 0.05) is 4.90 Å². The van der Waals surface area contributed by atoms with Crippen LogP contribution in [-0.4, -0.2) is 24.3 Å². The van der Waals surface area contributed by atoms with E-state index in [1.807, 2.05) is 38.1 Å². The molecule has 0 spiro atoms. The number of amides is 1. The Morgan fingerprint density at radius 1 is 1.45 bits per heavy atom. The molecule has 0 bridgehead atoms. The molecule has 0 aliphatic carbocycles. The molecule has 0 heterocycles. The number of methoxy groups -OCH3 is 1. The molecule has 0 aliphatic heterocycles. The molecule has 0 fully saturated rings. The number of rotatable bonds is 7. The number of hydrogen-bond donors (Lipinski definition) is 1. The Kier molecular flexibility index (Phi) is 6.96. The van der Waals surface area contributed by atoms with E-state index in [4.69, 9.17) is 10.00 Å². The summed E-state index contributed by atoms with van der Waals surface area (Å²) >= 11 is 1.46. The Balaban J connectivity index is 2.54. The molecular weight excluding hydrogens is 272 g/mol. The van der Waals surface area contributed by atoms with E-state index >= 15 is 0 Å². The Hall–Kier alpha value is -1.67. The highest BCUT2D eigenvalue weighted by Crippen LogP contribution is 2.25. The van der Waals surface area contributed by atoms with Crippen LogP contribution in [0.5, 0.6) is 5.75 Å². The van der Waals surface area contributed by atoms with Gasteiger partial charge in [0.1, 0.15) is 11.8 Å². The summed E-state index contributed by atoms with van der Waals surface area (Å²) in [6, 6.07) is 9.28. The summed E-state index contributed by atoms with van der Waals surface area (Å²) in [6.45, 7) is 3.83. The second kappa shape index (κ2) is 8.49. The monoisotopic (exact) mass is 292 g/mol. The molecule has 0 aliphatic rings. The predicted octanol–water partition coefficient (Wildman–Crippen LogP) is 2.98. The summed E-state index contributed by atoms with van der Waals surface area (Å²) in [5, 5.41) is 11.5. The molecule has 0 saturated carbocycles. The largest absolute Gasteiger partial charge is 0.497 e. The van der Waals surface area contributed by atoms with Gasteiger partial charge in [0.15, 0.2) is 0 Å². The topological polar surface area (TPSA) is 62.1 Å². The zero-order chi connectivity index (χ0) is 15.0. The second-order valence-electron chi connectivity index (χ2n) is 4.41. The van der Waals surface area contributed by atoms with Crippen LogP contribution in [-0.2, 0) is 4.79 Å². The van der Waals surface area contributed by atoms with Gasteiger partial charge in [-0.3, -0.25) is 4.79 Å². The van der Waals surface area contributed by atoms with Crippen LogP contribution in [0, 0.1) is 11.3 Å². The summed E-state index contributed by atoms with van der Waals surface area (Å²) in [6.07, 6.45) is 1.56. The van der Waals surface area contributed by atoms with Crippen molar-refractivity contribution in [1.29, 1.82) is 5.26 Å². The zero-order valence-corrected chi connectivity index (χ0v) is 12.9. The van der Waals surface area contributed by atoms with Crippen molar-refractivity contribution in [2.24, 2.45) is 0 Å². The van der Waals surface area contributed by atoms with E-state index < -0.39 is 6.04 Å². The molecule has 0 saturated heterocycles. The Labute approximate surface area is 124 Å². The number of hydrogen-bond acceptors (Lipinski definition) is 4. The first-order valence-electron chi connectivity index (χ1n) is 6.61. The van der Waals surface area contributed by atoms with E-state index in [9.17, 15) is 4.79 Å². The van der Waals surface area contributed by atoms with Crippen LogP contribution in [0.1, 0.15) is 26.7 Å². The van der Waals surface area contributed by atoms with Crippen molar-refractivity contribution in [3.63, 3.8) is 0 Å². The van der Waals surface area contributed by atoms with Crippen molar-refractivity contribution in [3.05, 3.63) is 24.3 Å². The number of benzene rings is 1. The van der Waals surface area contributed by atoms with Crippen molar-refractivity contribution in [2.45, 2.75) is 42.9 Å². The molecule has 1 amide bonds. The number of carbonyl (C=O) groups is 1. The van der Waals surface area contributed by atoms with Gasteiger partial charge in [-0.2, -0.15) is 5.26 Å². The molecule has 2 atom stereocenters. The standard InChI is InChI=1S/C15H20N2O2S/c1-4-5-12(10-16)17-15(18)11(2)20-14-8-6-13(19-3)7-9-14/h6-9,11-12H,4-5H2,1-3H3,(H,17,18)/t11-,12-/m0/s1. The van der Waals surface area contributed by atoms with Gasteiger partial charge in [-0.25, -0.2) is 0 Å². The highest BCUT2D eigenvalue weighted by Gasteiger charge is 2.17. The normalized spacial score (nSPS) is 13.1. The first kappa shape index (κ1) is 16.4. The van der Waals surface area contributed by atoms with E-state index in [1.54, 1.807) is 7.11 Å². The van der Waals surface area contributed by atoms with Crippen LogP contribution in [0.4, 0.5) is 0 Å². The molecule has 0 aromatic heterocycles. The van der Waals surface area contributed by atoms with E-state index in [0.29, 0.717) is 6.42 Å². The molecule has 5 heteroatoms. The summed E-state index contributed by atoms with van der Waals surface area (Å²) in [5.41, 5.74) is 0. The molecule has 20 heavy (non-hydrogen) atoms. The lowest BCUT2D eigenvalue weighted by Gasteiger charge is -2.15. The molecule has 1 aromatic carbocycles. The van der Waals surface area contributed by atoms with Crippen LogP contribution in [0.2, 0.25) is 0 Å². The van der Waals surface area contributed by atoms with Crippen molar-refractivity contribution in [1.82, 2.24) is 5.32 Å². The third-order valence-corrected chi connectivity index (χ3v) is 3.90. The van der Waals surface area contributed by atoms with E-state index in [-0.39, 0.29) is 11.2 Å². The first-order valence-corrected chi connectivity index (χ1v) is 7.49. The lowest BCUT2D eigenvalue weighted by molar-refractivity contribution is -0.120. The highest BCUT2D eigenvalue weighted by atomic mass is 32.2. The summed E-state index contributed by atoms with van der Waals surface area (Å²) in [5.74, 6) is 0.685. The minimum absolute atomic E-state index is 0.106. The van der Waals surface area contributed by atoms with E-state index in [0.717, 1.165) is 17.1 Å². The van der Waals surface area contributed by atoms with Crippen molar-refractivity contribution >= 4 is 17.7 Å². The van der Waals surface area contributed by atoms with Crippen molar-refractivity contribution in [3.8, 4) is 11.8 Å². The maximum Gasteiger partial charge on any atom is 0.234 e. The zero-order valence-electron chi connectivity index (χ0n) is 12.1. The fraction of sp³-hybridized carbons (Fsp3) is 0.467. The van der Waals surface area contributed by atoms with Gasteiger partial charge in [-0.15, -0.1) is 11.8 Å². The van der Waals surface area contributed by atoms with Gasteiger partial charge < -0.3 is 10.1 Å². The Bertz CT molecular complexity index is 468. The van der Waals surface area contributed by atoms with Crippen LogP contribution >= 0.6 is 11.8 Å². The number of nitrogens with zero attached hydrogens (tertiary/aromatic N) is 1. The fourth-order valence-corrected chi connectivity index (χ4v) is 2.54. The lowest BCUT2D eigenvalue weighted by Crippen LogP contribution is -2.38. The number of carbonyl (C=O) groups excluding carboxylic acids is 1. The van der Waals surface area contributed by atoms with Crippen molar-refractivity contribution < 1.29 is 9.53 Å². The molecule has 1 rings (SSSR count). The Morgan fingerprint density at radius 3 is 2.60 bits per heavy atom. The molecule has 108 valence electrons. The van der Waals surface area contributed by atoms with Gasteiger partial charge in [0.05, 0.1) is 18.4 Å². The minimum atomic E-state index is -0.397. The van der Waals surface area contributed by atoms with Gasteiger partial charge in [0.2, 0.25) is 5.91 Å². The quantitative estimate of drug-likeness (QED) is 0.785. The first-order chi connectivity index (χ1) is 9.60. The maximum atomic E-state index is 12.0. The predicted molar refractivity (Wildman–Crippen MR) is 80.8 cm³/mol. The summed E-state index contributed by atoms with van der Waals surface area (Å²) < 4.78 is 5.09. The third kappa shape index (κ3) is 5.14. The number of nitrogens with one attached hydrogen (secondary N) is 1. The van der Waals surface area contributed by atoms with Crippen LogP contribution in [0.25, 0.3) is 0 Å². The summed E-state index contributed by atoms with van der Waals surface area (Å²) in [4.78, 5) is 13.0. The average molecular weight is 292 g/mol. The van der Waals surface area contributed by atoms with Crippen LogP contribution in [0.3, 0.4) is 0 Å². The number of nitriles is 1. The molecule has 0 radical (unpaired) electrons. The van der Waals surface area contributed by atoms with Gasteiger partial charge >= 0.3 is 0 Å². The second-order valence-corrected chi connectivity index (χ2v) is 5.83. The lowest BCUT2D eigenvalue weighted by atomic mass is 10.2. The Morgan fingerprint density at radius 2 is 2.10 bits per heavy atom.